The molecular weight excluding hydrogens is 844 g/mol. The van der Waals surface area contributed by atoms with Crippen LogP contribution >= 0.6 is 34.8 Å². The summed E-state index contributed by atoms with van der Waals surface area (Å²) in [5.74, 6) is -2.78. The van der Waals surface area contributed by atoms with Gasteiger partial charge in [0.25, 0.3) is 11.8 Å². The second-order valence-corrected chi connectivity index (χ2v) is 15.9. The number of carbonyl (C=O) groups excluding carboxylic acids is 4. The van der Waals surface area contributed by atoms with Gasteiger partial charge in [-0.25, -0.2) is 18.2 Å². The molecule has 312 valence electrons. The third kappa shape index (κ3) is 10.0. The van der Waals surface area contributed by atoms with E-state index in [1.54, 1.807) is 22.7 Å². The van der Waals surface area contributed by atoms with Crippen LogP contribution in [0.1, 0.15) is 72.3 Å². The van der Waals surface area contributed by atoms with Crippen LogP contribution in [0.25, 0.3) is 16.6 Å². The number of carbonyl (C=O) groups is 4. The van der Waals surface area contributed by atoms with E-state index in [1.807, 2.05) is 6.07 Å². The summed E-state index contributed by atoms with van der Waals surface area (Å²) in [6.45, 7) is 0. The van der Waals surface area contributed by atoms with E-state index in [0.717, 1.165) is 12.1 Å². The molecule has 18 heteroatoms. The van der Waals surface area contributed by atoms with E-state index in [4.69, 9.17) is 34.8 Å². The summed E-state index contributed by atoms with van der Waals surface area (Å²) >= 11 is 18.1. The summed E-state index contributed by atoms with van der Waals surface area (Å²) in [6.07, 6.45) is 6.73. The zero-order valence-corrected chi connectivity index (χ0v) is 34.0. The molecule has 3 aromatic heterocycles. The molecule has 0 atom stereocenters. The van der Waals surface area contributed by atoms with Gasteiger partial charge in [-0.05, 0) is 118 Å². The first kappa shape index (κ1) is 42.5. The Balaban J connectivity index is 0.000000181. The molecule has 5 N–H and O–H groups in total. The molecule has 6 aromatic rings. The van der Waals surface area contributed by atoms with E-state index in [2.05, 4.69) is 36.4 Å². The molecule has 0 spiro atoms. The van der Waals surface area contributed by atoms with Crippen LogP contribution in [0.15, 0.2) is 79.0 Å². The summed E-state index contributed by atoms with van der Waals surface area (Å²) in [5.41, 5.74) is 2.40. The molecule has 2 aliphatic carbocycles. The number of benzene rings is 3. The lowest BCUT2D eigenvalue weighted by Gasteiger charge is -2.28. The Morgan fingerprint density at radius 1 is 0.650 bits per heavy atom. The van der Waals surface area contributed by atoms with Gasteiger partial charge in [-0.2, -0.15) is 5.10 Å². The molecule has 0 bridgehead atoms. The number of nitrogens with one attached hydrogen (secondary N) is 5. The van der Waals surface area contributed by atoms with E-state index < -0.39 is 17.5 Å². The minimum atomic E-state index is -0.471. The van der Waals surface area contributed by atoms with Crippen LogP contribution in [-0.4, -0.2) is 55.3 Å². The highest BCUT2D eigenvalue weighted by Crippen LogP contribution is 2.31. The number of halogens is 6. The maximum atomic E-state index is 13.5. The molecule has 0 radical (unpaired) electrons. The van der Waals surface area contributed by atoms with Gasteiger partial charge in [0.1, 0.15) is 23.1 Å². The van der Waals surface area contributed by atoms with Crippen molar-refractivity contribution in [2.45, 2.75) is 63.5 Å². The molecule has 12 nitrogen and oxygen atoms in total. The minimum absolute atomic E-state index is 0.0544. The normalized spacial score (nSPS) is 18.9. The van der Waals surface area contributed by atoms with Gasteiger partial charge in [-0.1, -0.05) is 40.9 Å². The van der Waals surface area contributed by atoms with Crippen molar-refractivity contribution in [1.82, 2.24) is 30.2 Å². The van der Waals surface area contributed by atoms with Gasteiger partial charge >= 0.3 is 0 Å². The molecule has 8 rings (SSSR count). The van der Waals surface area contributed by atoms with Crippen LogP contribution < -0.4 is 21.3 Å². The lowest BCUT2D eigenvalue weighted by atomic mass is 9.85. The number of rotatable bonds is 8. The number of fused-ring (bicyclic) bond motifs is 2. The van der Waals surface area contributed by atoms with Crippen LogP contribution in [0.4, 0.5) is 24.5 Å². The Kier molecular flexibility index (Phi) is 13.3. The second-order valence-electron chi connectivity index (χ2n) is 14.7. The average molecular weight is 882 g/mol. The number of imidazole rings is 1. The van der Waals surface area contributed by atoms with Crippen LogP contribution in [0, 0.1) is 29.3 Å². The second kappa shape index (κ2) is 18.7. The molecule has 0 aliphatic heterocycles. The molecule has 0 saturated heterocycles. The Bertz CT molecular complexity index is 2570. The third-order valence-electron chi connectivity index (χ3n) is 10.7. The van der Waals surface area contributed by atoms with E-state index in [9.17, 15) is 32.3 Å². The zero-order valence-electron chi connectivity index (χ0n) is 31.7. The molecule has 2 saturated carbocycles. The number of amides is 4. The minimum Gasteiger partial charge on any atom is -0.348 e. The van der Waals surface area contributed by atoms with Crippen molar-refractivity contribution in [3.63, 3.8) is 0 Å². The largest absolute Gasteiger partial charge is 0.348 e. The Labute approximate surface area is 356 Å². The van der Waals surface area contributed by atoms with Crippen molar-refractivity contribution in [2.24, 2.45) is 11.8 Å². The van der Waals surface area contributed by atoms with Crippen LogP contribution in [0.2, 0.25) is 15.2 Å². The van der Waals surface area contributed by atoms with Gasteiger partial charge in [-0.15, -0.1) is 0 Å². The van der Waals surface area contributed by atoms with E-state index in [0.29, 0.717) is 85.0 Å². The van der Waals surface area contributed by atoms with Gasteiger partial charge in [0.05, 0.1) is 26.9 Å². The lowest BCUT2D eigenvalue weighted by Crippen LogP contribution is -2.40. The molecule has 2 fully saturated rings. The molecule has 4 amide bonds. The maximum Gasteiger partial charge on any atom is 0.272 e. The first-order valence-electron chi connectivity index (χ1n) is 19.2. The van der Waals surface area contributed by atoms with Gasteiger partial charge in [0.15, 0.2) is 16.5 Å². The Morgan fingerprint density at radius 3 is 1.72 bits per heavy atom. The molecule has 0 unspecified atom stereocenters. The Morgan fingerprint density at radius 2 is 1.17 bits per heavy atom. The van der Waals surface area contributed by atoms with Crippen molar-refractivity contribution < 1.29 is 32.3 Å². The number of hydrogen-bond acceptors (Lipinski definition) is 6. The predicted molar refractivity (Wildman–Crippen MR) is 223 cm³/mol. The number of pyridine rings is 1. The highest BCUT2D eigenvalue weighted by molar-refractivity contribution is 6.34. The van der Waals surface area contributed by atoms with Gasteiger partial charge in [0.2, 0.25) is 11.8 Å². The first-order chi connectivity index (χ1) is 28.8. The van der Waals surface area contributed by atoms with E-state index in [-0.39, 0.29) is 68.4 Å². The van der Waals surface area contributed by atoms with Crippen LogP contribution in [0.5, 0.6) is 0 Å². The van der Waals surface area contributed by atoms with E-state index >= 15 is 0 Å². The maximum absolute atomic E-state index is 13.5. The highest BCUT2D eigenvalue weighted by Gasteiger charge is 2.30. The summed E-state index contributed by atoms with van der Waals surface area (Å²) in [7, 11) is 0. The van der Waals surface area contributed by atoms with Crippen molar-refractivity contribution in [1.29, 1.82) is 0 Å². The average Bonchev–Trinajstić information content (AvgIpc) is 3.80. The summed E-state index contributed by atoms with van der Waals surface area (Å²) in [5, 5.41) is 19.0. The molecule has 60 heavy (non-hydrogen) atoms. The van der Waals surface area contributed by atoms with E-state index in [1.165, 1.54) is 42.5 Å². The Hall–Kier alpha value is -5.64. The number of aromatic amines is 1. The van der Waals surface area contributed by atoms with Crippen LogP contribution in [0.3, 0.4) is 0 Å². The fourth-order valence-corrected chi connectivity index (χ4v) is 8.18. The fraction of sp³-hybridized carbons (Fsp3) is 0.286. The number of aromatic nitrogens is 4. The molecular formula is C42H38Cl3F3N8O4. The summed E-state index contributed by atoms with van der Waals surface area (Å²) < 4.78 is 41.4. The smallest absolute Gasteiger partial charge is 0.272 e. The summed E-state index contributed by atoms with van der Waals surface area (Å²) in [4.78, 5) is 54.6. The SMILES string of the molecule is O=C(NC1CCC(C(=O)Nc2ccc(F)cc2Cl)CC1)c1c(Cl)nc2ccccn12.O=C(NC1CCC(C(=O)Nc2ccc(F)cc2Cl)CC1)c1n[nH]c2ccc(F)cc12. The van der Waals surface area contributed by atoms with Crippen LogP contribution in [-0.2, 0) is 9.59 Å². The van der Waals surface area contributed by atoms with Gasteiger partial charge < -0.3 is 21.3 Å². The van der Waals surface area contributed by atoms with Gasteiger partial charge in [0, 0.05) is 35.5 Å². The summed E-state index contributed by atoms with van der Waals surface area (Å²) in [6, 6.07) is 17.0. The number of hydrogen-bond donors (Lipinski definition) is 5. The quantitative estimate of drug-likeness (QED) is 0.102. The number of H-pyrrole nitrogens is 1. The number of anilines is 2. The van der Waals surface area contributed by atoms with Crippen molar-refractivity contribution in [3.05, 3.63) is 123 Å². The highest BCUT2D eigenvalue weighted by atomic mass is 35.5. The van der Waals surface area contributed by atoms with Crippen molar-refractivity contribution in [3.8, 4) is 0 Å². The first-order valence-corrected chi connectivity index (χ1v) is 20.4. The van der Waals surface area contributed by atoms with Crippen molar-refractivity contribution >= 4 is 86.4 Å². The lowest BCUT2D eigenvalue weighted by molar-refractivity contribution is -0.121. The zero-order chi connectivity index (χ0) is 42.5. The standard InChI is InChI=1S/C21H19Cl2FN4O2.C21H19ClF2N4O2/c22-15-11-13(24)6-9-16(15)26-20(29)12-4-7-14(8-5-12)25-21(30)18-19(23)27-17-3-1-2-10-28(17)18;22-16-10-13(24)4-8-18(16)26-20(29)11-1-5-14(6-2-11)25-21(30)19-15-9-12(23)3-7-17(15)27-28-19/h1-3,6,9-12,14H,4-5,7-8H2,(H,25,30)(H,26,29);3-4,7-11,14H,1-2,5-6H2,(H,25,30)(H,26,29)(H,27,28). The van der Waals surface area contributed by atoms with Crippen molar-refractivity contribution in [2.75, 3.05) is 10.6 Å². The number of nitrogens with zero attached hydrogens (tertiary/aromatic N) is 3. The topological polar surface area (TPSA) is 162 Å². The molecule has 3 aromatic carbocycles. The third-order valence-corrected chi connectivity index (χ3v) is 11.6. The van der Waals surface area contributed by atoms with Gasteiger partial charge in [-0.3, -0.25) is 28.7 Å². The molecule has 3 heterocycles. The molecule has 2 aliphatic rings. The monoisotopic (exact) mass is 880 g/mol. The fourth-order valence-electron chi connectivity index (χ4n) is 7.49. The predicted octanol–water partition coefficient (Wildman–Crippen LogP) is 9.13.